The van der Waals surface area contributed by atoms with Crippen molar-refractivity contribution in [2.75, 3.05) is 7.11 Å². The van der Waals surface area contributed by atoms with E-state index < -0.39 is 0 Å². The molecule has 0 fully saturated rings. The third kappa shape index (κ3) is 2.67. The molecule has 1 aromatic rings. The van der Waals surface area contributed by atoms with Crippen molar-refractivity contribution in [3.05, 3.63) is 21.7 Å². The number of methoxy groups -OCH3 is 1. The van der Waals surface area contributed by atoms with Crippen LogP contribution in [-0.4, -0.2) is 18.1 Å². The monoisotopic (exact) mass is 211 g/mol. The maximum absolute atomic E-state index is 10.8. The smallest absolute Gasteiger partial charge is 0.330 e. The van der Waals surface area contributed by atoms with Crippen LogP contribution in [0.2, 0.25) is 0 Å². The Hall–Kier alpha value is -1.16. The minimum Gasteiger partial charge on any atom is -0.466 e. The first kappa shape index (κ1) is 10.9. The highest BCUT2D eigenvalue weighted by atomic mass is 32.1. The van der Waals surface area contributed by atoms with Gasteiger partial charge >= 0.3 is 5.97 Å². The number of carbonyl (C=O) groups is 1. The lowest BCUT2D eigenvalue weighted by molar-refractivity contribution is -0.134. The molecule has 4 heteroatoms. The second-order valence-corrected chi connectivity index (χ2v) is 3.88. The van der Waals surface area contributed by atoms with E-state index in [0.717, 1.165) is 22.0 Å². The lowest BCUT2D eigenvalue weighted by atomic mass is 10.3. The fraction of sp³-hybridized carbons (Fsp3) is 0.400. The Morgan fingerprint density at radius 3 is 2.86 bits per heavy atom. The molecule has 3 nitrogen and oxygen atoms in total. The summed E-state index contributed by atoms with van der Waals surface area (Å²) in [4.78, 5) is 16.2. The molecule has 1 rings (SSSR count). The second-order valence-electron chi connectivity index (χ2n) is 2.77. The molecule has 14 heavy (non-hydrogen) atoms. The van der Waals surface area contributed by atoms with Crippen LogP contribution in [0.15, 0.2) is 6.08 Å². The molecule has 0 aliphatic rings. The summed E-state index contributed by atoms with van der Waals surface area (Å²) < 4.78 is 4.50. The number of nitrogens with zero attached hydrogens (tertiary/aromatic N) is 1. The first-order valence-electron chi connectivity index (χ1n) is 4.39. The SMILES string of the molecule is CCc1nc(C)c(C=CC(=O)OC)s1. The topological polar surface area (TPSA) is 39.2 Å². The van der Waals surface area contributed by atoms with Crippen LogP contribution >= 0.6 is 11.3 Å². The number of rotatable bonds is 3. The Labute approximate surface area is 87.4 Å². The molecule has 0 amide bonds. The molecule has 0 aliphatic carbocycles. The van der Waals surface area contributed by atoms with Crippen LogP contribution in [0.3, 0.4) is 0 Å². The Morgan fingerprint density at radius 1 is 1.64 bits per heavy atom. The summed E-state index contributed by atoms with van der Waals surface area (Å²) in [7, 11) is 1.36. The van der Waals surface area contributed by atoms with Gasteiger partial charge in [-0.05, 0) is 19.4 Å². The van der Waals surface area contributed by atoms with E-state index in [-0.39, 0.29) is 5.97 Å². The first-order chi connectivity index (χ1) is 6.67. The molecule has 0 atom stereocenters. The standard InChI is InChI=1S/C10H13NO2S/c1-4-9-11-7(2)8(14-9)5-6-10(12)13-3/h5-6H,4H2,1-3H3. The van der Waals surface area contributed by atoms with Crippen LogP contribution in [0.1, 0.15) is 22.5 Å². The number of ether oxygens (including phenoxy) is 1. The number of hydrogen-bond acceptors (Lipinski definition) is 4. The molecule has 1 aromatic heterocycles. The summed E-state index contributed by atoms with van der Waals surface area (Å²) in [5.74, 6) is -0.337. The molecule has 1 heterocycles. The van der Waals surface area contributed by atoms with Gasteiger partial charge < -0.3 is 4.74 Å². The summed E-state index contributed by atoms with van der Waals surface area (Å²) in [6, 6.07) is 0. The van der Waals surface area contributed by atoms with Crippen LogP contribution in [-0.2, 0) is 16.0 Å². The minimum atomic E-state index is -0.337. The molecule has 0 aliphatic heterocycles. The van der Waals surface area contributed by atoms with E-state index in [2.05, 4.69) is 16.6 Å². The fourth-order valence-corrected chi connectivity index (χ4v) is 1.89. The number of thiazole rings is 1. The quantitative estimate of drug-likeness (QED) is 0.568. The van der Waals surface area contributed by atoms with Crippen molar-refractivity contribution < 1.29 is 9.53 Å². The molecule has 76 valence electrons. The van der Waals surface area contributed by atoms with Gasteiger partial charge in [-0.3, -0.25) is 0 Å². The van der Waals surface area contributed by atoms with Crippen LogP contribution in [0, 0.1) is 6.92 Å². The predicted octanol–water partition coefficient (Wildman–Crippen LogP) is 2.20. The van der Waals surface area contributed by atoms with Crippen molar-refractivity contribution in [3.8, 4) is 0 Å². The summed E-state index contributed by atoms with van der Waals surface area (Å²) in [6.45, 7) is 4.00. The van der Waals surface area contributed by atoms with Crippen molar-refractivity contribution in [3.63, 3.8) is 0 Å². The van der Waals surface area contributed by atoms with Gasteiger partial charge in [-0.1, -0.05) is 6.92 Å². The Kier molecular flexibility index (Phi) is 3.83. The number of aryl methyl sites for hydroxylation is 2. The lowest BCUT2D eigenvalue weighted by Crippen LogP contribution is -1.93. The average molecular weight is 211 g/mol. The van der Waals surface area contributed by atoms with Gasteiger partial charge in [-0.25, -0.2) is 9.78 Å². The predicted molar refractivity (Wildman–Crippen MR) is 57.3 cm³/mol. The van der Waals surface area contributed by atoms with E-state index in [9.17, 15) is 4.79 Å². The zero-order chi connectivity index (χ0) is 10.6. The summed E-state index contributed by atoms with van der Waals surface area (Å²) in [5.41, 5.74) is 0.965. The van der Waals surface area contributed by atoms with Crippen molar-refractivity contribution in [2.45, 2.75) is 20.3 Å². The normalized spacial score (nSPS) is 10.8. The zero-order valence-electron chi connectivity index (χ0n) is 8.53. The molecule has 0 spiro atoms. The van der Waals surface area contributed by atoms with Gasteiger partial charge in [-0.15, -0.1) is 11.3 Å². The third-order valence-electron chi connectivity index (χ3n) is 1.75. The molecule has 0 N–H and O–H groups in total. The van der Waals surface area contributed by atoms with Gasteiger partial charge in [0.1, 0.15) is 0 Å². The van der Waals surface area contributed by atoms with Crippen LogP contribution < -0.4 is 0 Å². The number of hydrogen-bond donors (Lipinski definition) is 0. The van der Waals surface area contributed by atoms with E-state index in [0.29, 0.717) is 0 Å². The average Bonchev–Trinajstić information content (AvgIpc) is 2.55. The van der Waals surface area contributed by atoms with Crippen molar-refractivity contribution in [2.24, 2.45) is 0 Å². The molecule has 0 aromatic carbocycles. The van der Waals surface area contributed by atoms with Gasteiger partial charge in [0.25, 0.3) is 0 Å². The minimum absolute atomic E-state index is 0.337. The molecule has 0 saturated carbocycles. The number of carbonyl (C=O) groups excluding carboxylic acids is 1. The second kappa shape index (κ2) is 4.91. The van der Waals surface area contributed by atoms with Crippen LogP contribution in [0.25, 0.3) is 6.08 Å². The van der Waals surface area contributed by atoms with Crippen molar-refractivity contribution in [1.29, 1.82) is 0 Å². The molecule has 0 bridgehead atoms. The third-order valence-corrected chi connectivity index (χ3v) is 3.02. The van der Waals surface area contributed by atoms with Gasteiger partial charge in [0.05, 0.1) is 22.7 Å². The van der Waals surface area contributed by atoms with Gasteiger partial charge in [0, 0.05) is 6.08 Å². The van der Waals surface area contributed by atoms with Crippen molar-refractivity contribution in [1.82, 2.24) is 4.98 Å². The number of esters is 1. The summed E-state index contributed by atoms with van der Waals surface area (Å²) in [5, 5.41) is 1.09. The van der Waals surface area contributed by atoms with Crippen LogP contribution in [0.5, 0.6) is 0 Å². The van der Waals surface area contributed by atoms with Crippen molar-refractivity contribution >= 4 is 23.4 Å². The first-order valence-corrected chi connectivity index (χ1v) is 5.21. The highest BCUT2D eigenvalue weighted by Gasteiger charge is 2.03. The van der Waals surface area contributed by atoms with E-state index in [1.165, 1.54) is 13.2 Å². The van der Waals surface area contributed by atoms with E-state index in [1.54, 1.807) is 17.4 Å². The molecule has 0 unspecified atom stereocenters. The molecular weight excluding hydrogens is 198 g/mol. The maximum atomic E-state index is 10.8. The van der Waals surface area contributed by atoms with E-state index >= 15 is 0 Å². The molecule has 0 radical (unpaired) electrons. The van der Waals surface area contributed by atoms with Crippen LogP contribution in [0.4, 0.5) is 0 Å². The lowest BCUT2D eigenvalue weighted by Gasteiger charge is -1.89. The maximum Gasteiger partial charge on any atom is 0.330 e. The Balaban J connectivity index is 2.80. The zero-order valence-corrected chi connectivity index (χ0v) is 9.35. The summed E-state index contributed by atoms with van der Waals surface area (Å²) >= 11 is 1.61. The summed E-state index contributed by atoms with van der Waals surface area (Å²) in [6.07, 6.45) is 4.09. The van der Waals surface area contributed by atoms with Gasteiger partial charge in [0.15, 0.2) is 0 Å². The highest BCUT2D eigenvalue weighted by Crippen LogP contribution is 2.19. The van der Waals surface area contributed by atoms with E-state index in [4.69, 9.17) is 0 Å². The number of aromatic nitrogens is 1. The largest absolute Gasteiger partial charge is 0.466 e. The Morgan fingerprint density at radius 2 is 2.36 bits per heavy atom. The fourth-order valence-electron chi connectivity index (χ4n) is 0.983. The Bertz CT molecular complexity index is 355. The van der Waals surface area contributed by atoms with E-state index in [1.807, 2.05) is 6.92 Å². The highest BCUT2D eigenvalue weighted by molar-refractivity contribution is 7.12. The van der Waals surface area contributed by atoms with Gasteiger partial charge in [0.2, 0.25) is 0 Å². The molecule has 0 saturated heterocycles. The molecular formula is C10H13NO2S. The van der Waals surface area contributed by atoms with Gasteiger partial charge in [-0.2, -0.15) is 0 Å².